The fraction of sp³-hybridized carbons (Fsp3) is 0.200. The molecule has 1 aliphatic rings. The largest absolute Gasteiger partial charge is 0.352 e. The second-order valence-electron chi connectivity index (χ2n) is 7.62. The molecular weight excluding hydrogens is 393 g/mol. The van der Waals surface area contributed by atoms with Crippen LogP contribution in [-0.4, -0.2) is 23.4 Å². The zero-order chi connectivity index (χ0) is 21.6. The Labute approximate surface area is 180 Å². The minimum atomic E-state index is -0.296. The van der Waals surface area contributed by atoms with Gasteiger partial charge < -0.3 is 15.5 Å². The minimum absolute atomic E-state index is 0.136. The number of carbonyl (C=O) groups excluding carboxylic acids is 2. The van der Waals surface area contributed by atoms with Crippen LogP contribution in [0.15, 0.2) is 72.8 Å². The number of benzene rings is 3. The van der Waals surface area contributed by atoms with E-state index >= 15 is 0 Å². The van der Waals surface area contributed by atoms with E-state index in [-0.39, 0.29) is 17.8 Å². The first kappa shape index (κ1) is 20.6. The van der Waals surface area contributed by atoms with Gasteiger partial charge in [0, 0.05) is 30.9 Å². The SMILES string of the molecule is O=C(NCCCc1ccccc1)c1ccc(NC(=O)N2Cc3ccc(F)cc3C2)cc1. The van der Waals surface area contributed by atoms with Crippen LogP contribution in [-0.2, 0) is 19.5 Å². The summed E-state index contributed by atoms with van der Waals surface area (Å²) in [6.45, 7) is 1.43. The molecule has 0 unspecified atom stereocenters. The van der Waals surface area contributed by atoms with Gasteiger partial charge in [-0.1, -0.05) is 36.4 Å². The van der Waals surface area contributed by atoms with Gasteiger partial charge in [-0.05, 0) is 65.9 Å². The number of nitrogens with one attached hydrogen (secondary N) is 2. The van der Waals surface area contributed by atoms with Gasteiger partial charge in [0.05, 0.1) is 0 Å². The Morgan fingerprint density at radius 2 is 1.65 bits per heavy atom. The third kappa shape index (κ3) is 5.28. The van der Waals surface area contributed by atoms with Crippen molar-refractivity contribution in [2.45, 2.75) is 25.9 Å². The van der Waals surface area contributed by atoms with Crippen LogP contribution in [0.25, 0.3) is 0 Å². The zero-order valence-electron chi connectivity index (χ0n) is 17.1. The Morgan fingerprint density at radius 3 is 2.42 bits per heavy atom. The van der Waals surface area contributed by atoms with Gasteiger partial charge in [0.2, 0.25) is 0 Å². The average Bonchev–Trinajstić information content (AvgIpc) is 3.21. The van der Waals surface area contributed by atoms with Crippen LogP contribution in [0.3, 0.4) is 0 Å². The van der Waals surface area contributed by atoms with E-state index in [0.717, 1.165) is 24.0 Å². The van der Waals surface area contributed by atoms with E-state index in [2.05, 4.69) is 22.8 Å². The lowest BCUT2D eigenvalue weighted by molar-refractivity contribution is 0.0953. The molecule has 3 aromatic rings. The molecule has 3 aromatic carbocycles. The molecule has 0 spiro atoms. The van der Waals surface area contributed by atoms with Gasteiger partial charge in [0.15, 0.2) is 0 Å². The molecule has 0 aromatic heterocycles. The Kier molecular flexibility index (Phi) is 6.26. The van der Waals surface area contributed by atoms with E-state index < -0.39 is 0 Å². The van der Waals surface area contributed by atoms with Gasteiger partial charge in [-0.2, -0.15) is 0 Å². The fourth-order valence-corrected chi connectivity index (χ4v) is 3.66. The van der Waals surface area contributed by atoms with Crippen molar-refractivity contribution in [1.82, 2.24) is 10.2 Å². The molecule has 4 rings (SSSR count). The molecule has 31 heavy (non-hydrogen) atoms. The van der Waals surface area contributed by atoms with Crippen LogP contribution in [0, 0.1) is 5.82 Å². The van der Waals surface area contributed by atoms with Crippen LogP contribution < -0.4 is 10.6 Å². The number of amides is 3. The van der Waals surface area contributed by atoms with Crippen molar-refractivity contribution in [1.29, 1.82) is 0 Å². The molecule has 1 aliphatic heterocycles. The van der Waals surface area contributed by atoms with Crippen molar-refractivity contribution in [2.24, 2.45) is 0 Å². The molecule has 0 atom stereocenters. The molecule has 0 saturated heterocycles. The number of nitrogens with zero attached hydrogens (tertiary/aromatic N) is 1. The summed E-state index contributed by atoms with van der Waals surface area (Å²) in [5.74, 6) is -0.433. The van der Waals surface area contributed by atoms with Gasteiger partial charge in [-0.15, -0.1) is 0 Å². The highest BCUT2D eigenvalue weighted by molar-refractivity contribution is 5.95. The normalized spacial score (nSPS) is 12.4. The first-order valence-corrected chi connectivity index (χ1v) is 10.3. The smallest absolute Gasteiger partial charge is 0.322 e. The second-order valence-corrected chi connectivity index (χ2v) is 7.62. The zero-order valence-corrected chi connectivity index (χ0v) is 17.1. The van der Waals surface area contributed by atoms with Crippen molar-refractivity contribution < 1.29 is 14.0 Å². The summed E-state index contributed by atoms with van der Waals surface area (Å²) in [5.41, 5.74) is 4.18. The molecule has 3 amide bonds. The van der Waals surface area contributed by atoms with Crippen LogP contribution in [0.4, 0.5) is 14.9 Å². The number of anilines is 1. The van der Waals surface area contributed by atoms with E-state index in [0.29, 0.717) is 30.9 Å². The van der Waals surface area contributed by atoms with E-state index in [1.807, 2.05) is 18.2 Å². The van der Waals surface area contributed by atoms with E-state index in [9.17, 15) is 14.0 Å². The monoisotopic (exact) mass is 417 g/mol. The summed E-state index contributed by atoms with van der Waals surface area (Å²) in [6.07, 6.45) is 1.78. The van der Waals surface area contributed by atoms with Crippen molar-refractivity contribution >= 4 is 17.6 Å². The Hall–Kier alpha value is -3.67. The summed E-state index contributed by atoms with van der Waals surface area (Å²) in [4.78, 5) is 26.5. The molecule has 0 fully saturated rings. The predicted octanol–water partition coefficient (Wildman–Crippen LogP) is 4.74. The van der Waals surface area contributed by atoms with Gasteiger partial charge >= 0.3 is 6.03 Å². The maximum atomic E-state index is 13.4. The molecule has 158 valence electrons. The number of halogens is 1. The summed E-state index contributed by atoms with van der Waals surface area (Å²) in [7, 11) is 0. The molecule has 5 nitrogen and oxygen atoms in total. The van der Waals surface area contributed by atoms with E-state index in [1.54, 1.807) is 35.2 Å². The number of carbonyl (C=O) groups is 2. The number of fused-ring (bicyclic) bond motifs is 1. The minimum Gasteiger partial charge on any atom is -0.352 e. The molecule has 0 saturated carbocycles. The molecule has 6 heteroatoms. The lowest BCUT2D eigenvalue weighted by Crippen LogP contribution is -2.30. The van der Waals surface area contributed by atoms with Crippen LogP contribution >= 0.6 is 0 Å². The van der Waals surface area contributed by atoms with Gasteiger partial charge in [-0.25, -0.2) is 9.18 Å². The molecule has 2 N–H and O–H groups in total. The van der Waals surface area contributed by atoms with E-state index in [4.69, 9.17) is 0 Å². The Morgan fingerprint density at radius 1 is 0.903 bits per heavy atom. The number of rotatable bonds is 6. The number of hydrogen-bond acceptors (Lipinski definition) is 2. The highest BCUT2D eigenvalue weighted by Crippen LogP contribution is 2.24. The first-order chi connectivity index (χ1) is 15.1. The third-order valence-corrected chi connectivity index (χ3v) is 5.35. The number of aryl methyl sites for hydroxylation is 1. The van der Waals surface area contributed by atoms with Gasteiger partial charge in [-0.3, -0.25) is 4.79 Å². The lowest BCUT2D eigenvalue weighted by Gasteiger charge is -2.16. The average molecular weight is 417 g/mol. The van der Waals surface area contributed by atoms with Gasteiger partial charge in [0.1, 0.15) is 5.82 Å². The number of hydrogen-bond donors (Lipinski definition) is 2. The highest BCUT2D eigenvalue weighted by atomic mass is 19.1. The quantitative estimate of drug-likeness (QED) is 0.570. The van der Waals surface area contributed by atoms with Crippen molar-refractivity contribution in [2.75, 3.05) is 11.9 Å². The standard InChI is InChI=1S/C25H24FN3O2/c26-22-11-8-20-16-29(17-21(20)15-22)25(31)28-23-12-9-19(10-13-23)24(30)27-14-4-7-18-5-2-1-3-6-18/h1-3,5-6,8-13,15H,4,7,14,16-17H2,(H,27,30)(H,28,31). The van der Waals surface area contributed by atoms with Gasteiger partial charge in [0.25, 0.3) is 5.91 Å². The first-order valence-electron chi connectivity index (χ1n) is 10.3. The maximum absolute atomic E-state index is 13.4. The topological polar surface area (TPSA) is 61.4 Å². The molecule has 0 radical (unpaired) electrons. The molecular formula is C25H24FN3O2. The van der Waals surface area contributed by atoms with Crippen molar-refractivity contribution in [3.63, 3.8) is 0 Å². The van der Waals surface area contributed by atoms with Crippen molar-refractivity contribution in [3.8, 4) is 0 Å². The Bertz CT molecular complexity index is 1070. The summed E-state index contributed by atoms with van der Waals surface area (Å²) in [6, 6.07) is 21.3. The van der Waals surface area contributed by atoms with Crippen LogP contribution in [0.1, 0.15) is 33.5 Å². The van der Waals surface area contributed by atoms with Crippen molar-refractivity contribution in [3.05, 3.63) is 101 Å². The van der Waals surface area contributed by atoms with Crippen LogP contribution in [0.2, 0.25) is 0 Å². The second kappa shape index (κ2) is 9.43. The predicted molar refractivity (Wildman–Crippen MR) is 118 cm³/mol. The van der Waals surface area contributed by atoms with Crippen LogP contribution in [0.5, 0.6) is 0 Å². The number of urea groups is 1. The summed E-state index contributed by atoms with van der Waals surface area (Å²) >= 11 is 0. The Balaban J connectivity index is 1.24. The summed E-state index contributed by atoms with van der Waals surface area (Å²) < 4.78 is 13.4. The van der Waals surface area contributed by atoms with E-state index in [1.165, 1.54) is 17.7 Å². The molecule has 0 aliphatic carbocycles. The molecule has 1 heterocycles. The third-order valence-electron chi connectivity index (χ3n) is 5.35. The summed E-state index contributed by atoms with van der Waals surface area (Å²) in [5, 5.41) is 5.76. The lowest BCUT2D eigenvalue weighted by atomic mass is 10.1. The highest BCUT2D eigenvalue weighted by Gasteiger charge is 2.23. The maximum Gasteiger partial charge on any atom is 0.322 e. The fourth-order valence-electron chi connectivity index (χ4n) is 3.66. The molecule has 0 bridgehead atoms.